The highest BCUT2D eigenvalue weighted by molar-refractivity contribution is 7.99. The summed E-state index contributed by atoms with van der Waals surface area (Å²) in [7, 11) is 0. The van der Waals surface area contributed by atoms with Crippen LogP contribution in [0.4, 0.5) is 0 Å². The number of aromatic nitrogens is 2. The number of nitrogens with one attached hydrogen (secondary N) is 1. The van der Waals surface area contributed by atoms with E-state index in [-0.39, 0.29) is 0 Å². The molecule has 14 heavy (non-hydrogen) atoms. The Kier molecular flexibility index (Phi) is 2.25. The van der Waals surface area contributed by atoms with Crippen LogP contribution in [0, 0.1) is 0 Å². The Morgan fingerprint density at radius 2 is 2.43 bits per heavy atom. The SMILES string of the molecule is c1ncn(C2CCSC2)c1C1CNC1. The first kappa shape index (κ1) is 8.80. The molecular weight excluding hydrogens is 194 g/mol. The molecule has 2 saturated heterocycles. The van der Waals surface area contributed by atoms with Gasteiger partial charge in [0.1, 0.15) is 0 Å². The van der Waals surface area contributed by atoms with E-state index in [1.807, 2.05) is 6.33 Å². The van der Waals surface area contributed by atoms with Gasteiger partial charge < -0.3 is 9.88 Å². The Morgan fingerprint density at radius 1 is 1.50 bits per heavy atom. The number of hydrogen-bond donors (Lipinski definition) is 1. The predicted octanol–water partition coefficient (Wildman–Crippen LogP) is 1.25. The molecule has 76 valence electrons. The number of rotatable bonds is 2. The summed E-state index contributed by atoms with van der Waals surface area (Å²) in [6, 6.07) is 0.707. The van der Waals surface area contributed by atoms with Crippen LogP contribution >= 0.6 is 11.8 Å². The molecule has 1 unspecified atom stereocenters. The lowest BCUT2D eigenvalue weighted by Crippen LogP contribution is -2.41. The van der Waals surface area contributed by atoms with Crippen LogP contribution in [0.2, 0.25) is 0 Å². The molecule has 3 rings (SSSR count). The lowest BCUT2D eigenvalue weighted by atomic mass is 9.99. The zero-order valence-corrected chi connectivity index (χ0v) is 8.96. The highest BCUT2D eigenvalue weighted by Crippen LogP contribution is 2.31. The summed E-state index contributed by atoms with van der Waals surface area (Å²) in [6.45, 7) is 2.26. The lowest BCUT2D eigenvalue weighted by Gasteiger charge is -2.29. The van der Waals surface area contributed by atoms with E-state index in [1.165, 1.54) is 23.6 Å². The van der Waals surface area contributed by atoms with Crippen LogP contribution < -0.4 is 5.32 Å². The molecular formula is C10H15N3S. The second-order valence-corrected chi connectivity index (χ2v) is 5.25. The van der Waals surface area contributed by atoms with Gasteiger partial charge in [-0.2, -0.15) is 11.8 Å². The monoisotopic (exact) mass is 209 g/mol. The van der Waals surface area contributed by atoms with Crippen LogP contribution in [0.1, 0.15) is 24.1 Å². The molecule has 0 radical (unpaired) electrons. The molecule has 1 aromatic rings. The molecule has 0 spiro atoms. The topological polar surface area (TPSA) is 29.9 Å². The van der Waals surface area contributed by atoms with Gasteiger partial charge >= 0.3 is 0 Å². The van der Waals surface area contributed by atoms with Crippen molar-refractivity contribution in [3.05, 3.63) is 18.2 Å². The minimum absolute atomic E-state index is 0.707. The van der Waals surface area contributed by atoms with Gasteiger partial charge in [-0.05, 0) is 12.2 Å². The van der Waals surface area contributed by atoms with Gasteiger partial charge in [0.05, 0.1) is 6.33 Å². The molecule has 1 aromatic heterocycles. The second-order valence-electron chi connectivity index (χ2n) is 4.10. The fraction of sp³-hybridized carbons (Fsp3) is 0.700. The molecule has 2 aliphatic heterocycles. The van der Waals surface area contributed by atoms with Crippen molar-refractivity contribution in [3.8, 4) is 0 Å². The number of thioether (sulfide) groups is 1. The summed E-state index contributed by atoms with van der Waals surface area (Å²) in [5, 5.41) is 3.32. The lowest BCUT2D eigenvalue weighted by molar-refractivity contribution is 0.409. The Hall–Kier alpha value is -0.480. The third-order valence-corrected chi connectivity index (χ3v) is 4.34. The summed E-state index contributed by atoms with van der Waals surface area (Å²) in [6.07, 6.45) is 5.38. The maximum absolute atomic E-state index is 4.30. The van der Waals surface area contributed by atoms with Gasteiger partial charge in [-0.1, -0.05) is 0 Å². The zero-order valence-electron chi connectivity index (χ0n) is 8.15. The van der Waals surface area contributed by atoms with Crippen LogP contribution in [0.15, 0.2) is 12.5 Å². The molecule has 1 atom stereocenters. The minimum Gasteiger partial charge on any atom is -0.330 e. The average Bonchev–Trinajstić information content (AvgIpc) is 2.66. The summed E-state index contributed by atoms with van der Waals surface area (Å²) in [5.74, 6) is 3.29. The summed E-state index contributed by atoms with van der Waals surface area (Å²) in [5.41, 5.74) is 1.44. The standard InChI is InChI=1S/C10H15N3S/c1-2-14-6-9(1)13-7-12-5-10(13)8-3-11-4-8/h5,7-9,11H,1-4,6H2. The molecule has 4 heteroatoms. The van der Waals surface area contributed by atoms with Gasteiger partial charge in [0.2, 0.25) is 0 Å². The van der Waals surface area contributed by atoms with Crippen LogP contribution in [0.3, 0.4) is 0 Å². The Balaban J connectivity index is 1.85. The van der Waals surface area contributed by atoms with Crippen LogP contribution in [0.5, 0.6) is 0 Å². The molecule has 0 amide bonds. The highest BCUT2D eigenvalue weighted by Gasteiger charge is 2.26. The van der Waals surface area contributed by atoms with Crippen LogP contribution in [-0.4, -0.2) is 34.1 Å². The molecule has 0 aromatic carbocycles. The third-order valence-electron chi connectivity index (χ3n) is 3.19. The molecule has 3 heterocycles. The Labute approximate surface area is 88.3 Å². The summed E-state index contributed by atoms with van der Waals surface area (Å²) < 4.78 is 2.41. The minimum atomic E-state index is 0.707. The van der Waals surface area contributed by atoms with Crippen molar-refractivity contribution in [2.75, 3.05) is 24.6 Å². The molecule has 1 N–H and O–H groups in total. The largest absolute Gasteiger partial charge is 0.330 e. The summed E-state index contributed by atoms with van der Waals surface area (Å²) >= 11 is 2.06. The first-order valence-corrected chi connectivity index (χ1v) is 6.41. The van der Waals surface area contributed by atoms with E-state index < -0.39 is 0 Å². The molecule has 2 fully saturated rings. The average molecular weight is 209 g/mol. The van der Waals surface area contributed by atoms with Crippen LogP contribution in [-0.2, 0) is 0 Å². The van der Waals surface area contributed by atoms with Gasteiger partial charge in [0.25, 0.3) is 0 Å². The van der Waals surface area contributed by atoms with Crippen molar-refractivity contribution in [1.29, 1.82) is 0 Å². The zero-order chi connectivity index (χ0) is 9.38. The van der Waals surface area contributed by atoms with E-state index >= 15 is 0 Å². The Morgan fingerprint density at radius 3 is 3.07 bits per heavy atom. The van der Waals surface area contributed by atoms with Crippen molar-refractivity contribution in [2.24, 2.45) is 0 Å². The molecule has 0 saturated carbocycles. The molecule has 0 aliphatic carbocycles. The van der Waals surface area contributed by atoms with E-state index in [9.17, 15) is 0 Å². The van der Waals surface area contributed by atoms with Crippen molar-refractivity contribution in [2.45, 2.75) is 18.4 Å². The molecule has 2 aliphatic rings. The van der Waals surface area contributed by atoms with E-state index in [0.717, 1.165) is 13.1 Å². The van der Waals surface area contributed by atoms with Crippen molar-refractivity contribution in [1.82, 2.24) is 14.9 Å². The van der Waals surface area contributed by atoms with Gasteiger partial charge in [0.15, 0.2) is 0 Å². The smallest absolute Gasteiger partial charge is 0.0951 e. The highest BCUT2D eigenvalue weighted by atomic mass is 32.2. The Bertz CT molecular complexity index is 313. The quantitative estimate of drug-likeness (QED) is 0.795. The van der Waals surface area contributed by atoms with E-state index in [4.69, 9.17) is 0 Å². The van der Waals surface area contributed by atoms with Gasteiger partial charge in [-0.25, -0.2) is 4.98 Å². The fourth-order valence-electron chi connectivity index (χ4n) is 2.18. The molecule has 0 bridgehead atoms. The third kappa shape index (κ3) is 1.37. The van der Waals surface area contributed by atoms with E-state index in [0.29, 0.717) is 12.0 Å². The van der Waals surface area contributed by atoms with Crippen molar-refractivity contribution < 1.29 is 0 Å². The van der Waals surface area contributed by atoms with Gasteiger partial charge in [-0.15, -0.1) is 0 Å². The van der Waals surface area contributed by atoms with Gasteiger partial charge in [-0.3, -0.25) is 0 Å². The maximum atomic E-state index is 4.30. The normalized spacial score (nSPS) is 27.9. The van der Waals surface area contributed by atoms with E-state index in [1.54, 1.807) is 0 Å². The second kappa shape index (κ2) is 3.59. The van der Waals surface area contributed by atoms with E-state index in [2.05, 4.69) is 32.8 Å². The van der Waals surface area contributed by atoms with Crippen LogP contribution in [0.25, 0.3) is 0 Å². The number of hydrogen-bond acceptors (Lipinski definition) is 3. The number of nitrogens with zero attached hydrogens (tertiary/aromatic N) is 2. The summed E-state index contributed by atoms with van der Waals surface area (Å²) in [4.78, 5) is 4.30. The molecule has 3 nitrogen and oxygen atoms in total. The predicted molar refractivity (Wildman–Crippen MR) is 58.8 cm³/mol. The first-order valence-electron chi connectivity index (χ1n) is 5.25. The first-order chi connectivity index (χ1) is 6.95. The maximum Gasteiger partial charge on any atom is 0.0951 e. The van der Waals surface area contributed by atoms with Crippen molar-refractivity contribution in [3.63, 3.8) is 0 Å². The van der Waals surface area contributed by atoms with Gasteiger partial charge in [0, 0.05) is 42.7 Å². The van der Waals surface area contributed by atoms with Crippen molar-refractivity contribution >= 4 is 11.8 Å². The number of imidazole rings is 1. The fourth-order valence-corrected chi connectivity index (χ4v) is 3.38.